The van der Waals surface area contributed by atoms with E-state index in [1.807, 2.05) is 35.2 Å². The summed E-state index contributed by atoms with van der Waals surface area (Å²) in [6.45, 7) is 3.55. The number of guanidine groups is 1. The maximum absolute atomic E-state index is 11.9. The fourth-order valence-corrected chi connectivity index (χ4v) is 3.97. The molecule has 1 fully saturated rings. The average Bonchev–Trinajstić information content (AvgIpc) is 2.73. The van der Waals surface area contributed by atoms with Crippen molar-refractivity contribution in [2.45, 2.75) is 11.4 Å². The van der Waals surface area contributed by atoms with Crippen molar-refractivity contribution in [1.82, 2.24) is 9.62 Å². The van der Waals surface area contributed by atoms with Crippen molar-refractivity contribution >= 4 is 33.3 Å². The number of hydrogen-bond acceptors (Lipinski definition) is 4. The number of rotatable bonds is 5. The van der Waals surface area contributed by atoms with Crippen molar-refractivity contribution in [2.24, 2.45) is 10.7 Å². The Bertz CT molecular complexity index is 939. The van der Waals surface area contributed by atoms with Crippen molar-refractivity contribution in [2.75, 3.05) is 38.1 Å². The Kier molecular flexibility index (Phi) is 6.43. The Morgan fingerprint density at radius 2 is 1.82 bits per heavy atom. The highest BCUT2D eigenvalue weighted by Crippen LogP contribution is 2.19. The van der Waals surface area contributed by atoms with Gasteiger partial charge in [0, 0.05) is 36.9 Å². The minimum absolute atomic E-state index is 0.220. The van der Waals surface area contributed by atoms with Crippen molar-refractivity contribution in [1.29, 1.82) is 0 Å². The van der Waals surface area contributed by atoms with Crippen molar-refractivity contribution in [3.8, 4) is 0 Å². The van der Waals surface area contributed by atoms with Gasteiger partial charge in [-0.3, -0.25) is 0 Å². The maximum atomic E-state index is 11.9. The zero-order valence-electron chi connectivity index (χ0n) is 15.7. The number of benzene rings is 2. The van der Waals surface area contributed by atoms with Crippen LogP contribution in [0.15, 0.2) is 58.4 Å². The Balaban J connectivity index is 1.59. The van der Waals surface area contributed by atoms with E-state index in [0.29, 0.717) is 12.5 Å². The second-order valence-electron chi connectivity index (χ2n) is 6.48. The molecule has 0 spiro atoms. The van der Waals surface area contributed by atoms with E-state index >= 15 is 0 Å². The van der Waals surface area contributed by atoms with Gasteiger partial charge < -0.3 is 15.5 Å². The Morgan fingerprint density at radius 1 is 1.14 bits per heavy atom. The van der Waals surface area contributed by atoms with Gasteiger partial charge in [0.05, 0.1) is 11.4 Å². The molecule has 1 saturated heterocycles. The largest absolute Gasteiger partial charge is 0.370 e. The van der Waals surface area contributed by atoms with E-state index in [-0.39, 0.29) is 4.90 Å². The van der Waals surface area contributed by atoms with Crippen LogP contribution in [-0.4, -0.2) is 52.5 Å². The van der Waals surface area contributed by atoms with E-state index in [0.717, 1.165) is 42.5 Å². The first kappa shape index (κ1) is 20.4. The lowest BCUT2D eigenvalue weighted by Crippen LogP contribution is -2.51. The zero-order valence-corrected chi connectivity index (χ0v) is 17.2. The van der Waals surface area contributed by atoms with Crippen LogP contribution >= 0.6 is 11.6 Å². The van der Waals surface area contributed by atoms with Gasteiger partial charge in [0.2, 0.25) is 10.0 Å². The van der Waals surface area contributed by atoms with Crippen LogP contribution in [0.1, 0.15) is 5.56 Å². The smallest absolute Gasteiger partial charge is 0.240 e. The number of anilines is 1. The van der Waals surface area contributed by atoms with E-state index < -0.39 is 10.0 Å². The van der Waals surface area contributed by atoms with Crippen LogP contribution in [0.5, 0.6) is 0 Å². The lowest BCUT2D eigenvalue weighted by Gasteiger charge is -2.36. The lowest BCUT2D eigenvalue weighted by atomic mass is 10.2. The number of sulfonamides is 1. The SMILES string of the molecule is CNS(=O)(=O)c1cccc(CN=C(N)N2CCN(c3ccc(Cl)cc3)CC2)c1. The van der Waals surface area contributed by atoms with Crippen LogP contribution < -0.4 is 15.4 Å². The first-order valence-electron chi connectivity index (χ1n) is 8.97. The van der Waals surface area contributed by atoms with Crippen molar-refractivity contribution in [3.63, 3.8) is 0 Å². The monoisotopic (exact) mass is 421 g/mol. The molecule has 0 aromatic heterocycles. The Labute approximate surface area is 170 Å². The molecule has 1 heterocycles. The molecule has 3 rings (SSSR count). The summed E-state index contributed by atoms with van der Waals surface area (Å²) in [5.74, 6) is 0.470. The molecule has 1 aliphatic heterocycles. The second kappa shape index (κ2) is 8.81. The molecule has 0 bridgehead atoms. The number of hydrogen-bond donors (Lipinski definition) is 2. The number of aliphatic imine (C=N–C) groups is 1. The molecule has 0 atom stereocenters. The molecule has 1 aliphatic rings. The summed E-state index contributed by atoms with van der Waals surface area (Å²) in [7, 11) is -2.08. The number of nitrogens with one attached hydrogen (secondary N) is 1. The van der Waals surface area contributed by atoms with Crippen LogP contribution in [0.3, 0.4) is 0 Å². The number of nitrogens with two attached hydrogens (primary N) is 1. The first-order chi connectivity index (χ1) is 13.4. The minimum atomic E-state index is -3.47. The summed E-state index contributed by atoms with van der Waals surface area (Å²) >= 11 is 5.95. The predicted octanol–water partition coefficient (Wildman–Crippen LogP) is 1.89. The van der Waals surface area contributed by atoms with Crippen LogP contribution in [0, 0.1) is 0 Å². The predicted molar refractivity (Wildman–Crippen MR) is 113 cm³/mol. The van der Waals surface area contributed by atoms with Gasteiger partial charge in [-0.05, 0) is 49.0 Å². The second-order valence-corrected chi connectivity index (χ2v) is 8.80. The summed E-state index contributed by atoms with van der Waals surface area (Å²) in [6, 6.07) is 14.5. The summed E-state index contributed by atoms with van der Waals surface area (Å²) in [4.78, 5) is 8.99. The molecule has 3 N–H and O–H groups in total. The van der Waals surface area contributed by atoms with Gasteiger partial charge in [0.1, 0.15) is 0 Å². The number of nitrogens with zero attached hydrogens (tertiary/aromatic N) is 3. The van der Waals surface area contributed by atoms with Gasteiger partial charge in [-0.2, -0.15) is 0 Å². The summed E-state index contributed by atoms with van der Waals surface area (Å²) in [5, 5.41) is 0.727. The molecule has 2 aromatic carbocycles. The molecule has 0 radical (unpaired) electrons. The topological polar surface area (TPSA) is 91.0 Å². The molecule has 28 heavy (non-hydrogen) atoms. The molecule has 0 amide bonds. The summed E-state index contributed by atoms with van der Waals surface area (Å²) in [6.07, 6.45) is 0. The Morgan fingerprint density at radius 3 is 2.46 bits per heavy atom. The zero-order chi connectivity index (χ0) is 20.1. The fraction of sp³-hybridized carbons (Fsp3) is 0.316. The van der Waals surface area contributed by atoms with Gasteiger partial charge in [-0.15, -0.1) is 0 Å². The van der Waals surface area contributed by atoms with Crippen molar-refractivity contribution < 1.29 is 8.42 Å². The molecule has 150 valence electrons. The van der Waals surface area contributed by atoms with Gasteiger partial charge in [-0.1, -0.05) is 23.7 Å². The Hall–Kier alpha value is -2.29. The standard InChI is InChI=1S/C19H24ClN5O2S/c1-22-28(26,27)18-4-2-3-15(13-18)14-23-19(21)25-11-9-24(10-12-25)17-7-5-16(20)6-8-17/h2-8,13,22H,9-12,14H2,1H3,(H2,21,23). The molecule has 9 heteroatoms. The quantitative estimate of drug-likeness (QED) is 0.568. The minimum Gasteiger partial charge on any atom is -0.370 e. The molecule has 7 nitrogen and oxygen atoms in total. The molecule has 2 aromatic rings. The van der Waals surface area contributed by atoms with Crippen LogP contribution in [-0.2, 0) is 16.6 Å². The van der Waals surface area contributed by atoms with Gasteiger partial charge >= 0.3 is 0 Å². The molecule has 0 saturated carbocycles. The average molecular weight is 422 g/mol. The van der Waals surface area contributed by atoms with E-state index in [9.17, 15) is 8.42 Å². The van der Waals surface area contributed by atoms with E-state index in [1.165, 1.54) is 7.05 Å². The highest BCUT2D eigenvalue weighted by molar-refractivity contribution is 7.89. The summed E-state index contributed by atoms with van der Waals surface area (Å²) < 4.78 is 26.1. The van der Waals surface area contributed by atoms with Crippen molar-refractivity contribution in [3.05, 3.63) is 59.1 Å². The van der Waals surface area contributed by atoms with E-state index in [2.05, 4.69) is 14.6 Å². The fourth-order valence-electron chi connectivity index (χ4n) is 3.05. The van der Waals surface area contributed by atoms with Gasteiger partial charge in [-0.25, -0.2) is 18.1 Å². The lowest BCUT2D eigenvalue weighted by molar-refractivity contribution is 0.380. The van der Waals surface area contributed by atoms with E-state index in [1.54, 1.807) is 18.2 Å². The normalized spacial score (nSPS) is 15.7. The molecular formula is C19H24ClN5O2S. The van der Waals surface area contributed by atoms with Crippen LogP contribution in [0.4, 0.5) is 5.69 Å². The number of piperazine rings is 1. The molecule has 0 unspecified atom stereocenters. The third-order valence-corrected chi connectivity index (χ3v) is 6.36. The van der Waals surface area contributed by atoms with Gasteiger partial charge in [0.15, 0.2) is 5.96 Å². The maximum Gasteiger partial charge on any atom is 0.240 e. The number of halogens is 1. The van der Waals surface area contributed by atoms with Crippen LogP contribution in [0.25, 0.3) is 0 Å². The highest BCUT2D eigenvalue weighted by atomic mass is 35.5. The van der Waals surface area contributed by atoms with Crippen LogP contribution in [0.2, 0.25) is 5.02 Å². The third kappa shape index (κ3) is 4.95. The van der Waals surface area contributed by atoms with Gasteiger partial charge in [0.25, 0.3) is 0 Å². The first-order valence-corrected chi connectivity index (χ1v) is 10.8. The molecule has 0 aliphatic carbocycles. The third-order valence-electron chi connectivity index (χ3n) is 4.70. The highest BCUT2D eigenvalue weighted by Gasteiger charge is 2.18. The summed E-state index contributed by atoms with van der Waals surface area (Å²) in [5.41, 5.74) is 8.09. The molecular weight excluding hydrogens is 398 g/mol. The van der Waals surface area contributed by atoms with E-state index in [4.69, 9.17) is 17.3 Å².